The monoisotopic (exact) mass is 373 g/mol. The number of esters is 1. The quantitative estimate of drug-likeness (QED) is 0.702. The van der Waals surface area contributed by atoms with Crippen molar-refractivity contribution in [2.75, 3.05) is 20.6 Å². The van der Waals surface area contributed by atoms with Gasteiger partial charge in [-0.2, -0.15) is 0 Å². The van der Waals surface area contributed by atoms with E-state index in [4.69, 9.17) is 4.74 Å². The Balaban J connectivity index is 1.53. The lowest BCUT2D eigenvalue weighted by Gasteiger charge is -2.57. The molecule has 0 N–H and O–H groups in total. The summed E-state index contributed by atoms with van der Waals surface area (Å²) in [5.41, 5.74) is 1.78. The van der Waals surface area contributed by atoms with Crippen molar-refractivity contribution in [3.8, 4) is 0 Å². The second kappa shape index (κ2) is 6.72. The van der Waals surface area contributed by atoms with Crippen LogP contribution in [0.15, 0.2) is 11.6 Å². The number of carbonyl (C=O) groups is 2. The van der Waals surface area contributed by atoms with Crippen LogP contribution < -0.4 is 0 Å². The summed E-state index contributed by atoms with van der Waals surface area (Å²) in [7, 11) is 3.82. The van der Waals surface area contributed by atoms with Crippen LogP contribution in [-0.4, -0.2) is 43.4 Å². The van der Waals surface area contributed by atoms with E-state index in [1.54, 1.807) is 0 Å². The molecule has 4 aliphatic rings. The van der Waals surface area contributed by atoms with E-state index in [-0.39, 0.29) is 22.9 Å². The Labute approximate surface area is 163 Å². The van der Waals surface area contributed by atoms with Crippen LogP contribution >= 0.6 is 0 Å². The Morgan fingerprint density at radius 1 is 1.11 bits per heavy atom. The van der Waals surface area contributed by atoms with Crippen molar-refractivity contribution < 1.29 is 14.3 Å². The molecule has 0 aromatic heterocycles. The third-order valence-corrected chi connectivity index (χ3v) is 8.59. The maximum Gasteiger partial charge on any atom is 0.320 e. The molecule has 4 nitrogen and oxygen atoms in total. The maximum atomic E-state index is 12.3. The fourth-order valence-electron chi connectivity index (χ4n) is 7.16. The fraction of sp³-hybridized carbons (Fsp3) is 0.826. The molecule has 3 fully saturated rings. The summed E-state index contributed by atoms with van der Waals surface area (Å²) >= 11 is 0. The molecule has 4 aliphatic carbocycles. The molecular weight excluding hydrogens is 338 g/mol. The zero-order valence-electron chi connectivity index (χ0n) is 17.4. The summed E-state index contributed by atoms with van der Waals surface area (Å²) in [5, 5.41) is 0. The molecule has 150 valence electrons. The minimum Gasteiger partial charge on any atom is -0.461 e. The van der Waals surface area contributed by atoms with E-state index in [9.17, 15) is 9.59 Å². The molecule has 0 saturated heterocycles. The summed E-state index contributed by atoms with van der Waals surface area (Å²) in [6.45, 7) is 5.17. The largest absolute Gasteiger partial charge is 0.461 e. The smallest absolute Gasteiger partial charge is 0.320 e. The average Bonchev–Trinajstić information content (AvgIpc) is 2.91. The third kappa shape index (κ3) is 3.08. The van der Waals surface area contributed by atoms with E-state index in [1.807, 2.05) is 25.1 Å². The first-order chi connectivity index (χ1) is 12.7. The summed E-state index contributed by atoms with van der Waals surface area (Å²) < 4.78 is 5.98. The minimum atomic E-state index is -0.0828. The number of hydrogen-bond acceptors (Lipinski definition) is 4. The second-order valence-corrected chi connectivity index (χ2v) is 10.3. The van der Waals surface area contributed by atoms with Crippen molar-refractivity contribution in [1.29, 1.82) is 0 Å². The van der Waals surface area contributed by atoms with Gasteiger partial charge in [-0.1, -0.05) is 19.4 Å². The van der Waals surface area contributed by atoms with Crippen LogP contribution in [-0.2, 0) is 14.3 Å². The molecule has 4 heteroatoms. The molecule has 0 heterocycles. The van der Waals surface area contributed by atoms with Crippen molar-refractivity contribution in [2.45, 2.75) is 71.3 Å². The number of likely N-dealkylation sites (N-methyl/N-ethyl adjacent to an activating group) is 1. The van der Waals surface area contributed by atoms with E-state index in [2.05, 4.69) is 13.8 Å². The highest BCUT2D eigenvalue weighted by Gasteiger charge is 2.59. The summed E-state index contributed by atoms with van der Waals surface area (Å²) in [5.74, 6) is 2.32. The van der Waals surface area contributed by atoms with Gasteiger partial charge < -0.3 is 4.74 Å². The van der Waals surface area contributed by atoms with Crippen molar-refractivity contribution in [2.24, 2.45) is 28.6 Å². The SMILES string of the molecule is CN(C)CC(=O)OC1CCC2C3CCC4=CC(=O)CCC4(C)C3CCC12C. The molecule has 27 heavy (non-hydrogen) atoms. The molecule has 0 bridgehead atoms. The standard InChI is InChI=1S/C23H35NO3/c1-22-11-9-16(25)13-15(22)5-6-17-18-7-8-20(27-21(26)14-24(3)4)23(18,2)12-10-19(17)22/h13,17-20H,5-12,14H2,1-4H3. The second-order valence-electron chi connectivity index (χ2n) is 10.3. The van der Waals surface area contributed by atoms with Gasteiger partial charge in [0, 0.05) is 11.8 Å². The predicted molar refractivity (Wildman–Crippen MR) is 105 cm³/mol. The fourth-order valence-corrected chi connectivity index (χ4v) is 7.16. The molecule has 6 unspecified atom stereocenters. The van der Waals surface area contributed by atoms with Crippen LogP contribution in [0.5, 0.6) is 0 Å². The summed E-state index contributed by atoms with van der Waals surface area (Å²) in [6, 6.07) is 0. The van der Waals surface area contributed by atoms with Gasteiger partial charge in [0.25, 0.3) is 0 Å². The lowest BCUT2D eigenvalue weighted by atomic mass is 9.47. The zero-order chi connectivity index (χ0) is 19.4. The van der Waals surface area contributed by atoms with Gasteiger partial charge in [0.2, 0.25) is 0 Å². The minimum absolute atomic E-state index is 0.0774. The molecule has 3 saturated carbocycles. The molecule has 0 spiro atoms. The first-order valence-corrected chi connectivity index (χ1v) is 10.8. The van der Waals surface area contributed by atoms with E-state index in [0.29, 0.717) is 24.2 Å². The Bertz CT molecular complexity index is 669. The molecule has 0 aliphatic heterocycles. The first-order valence-electron chi connectivity index (χ1n) is 10.8. The van der Waals surface area contributed by atoms with Crippen molar-refractivity contribution in [3.63, 3.8) is 0 Å². The molecule has 6 atom stereocenters. The number of allylic oxidation sites excluding steroid dienone is 1. The third-order valence-electron chi connectivity index (χ3n) is 8.59. The number of carbonyl (C=O) groups excluding carboxylic acids is 2. The van der Waals surface area contributed by atoms with Crippen molar-refractivity contribution in [3.05, 3.63) is 11.6 Å². The summed E-state index contributed by atoms with van der Waals surface area (Å²) in [4.78, 5) is 26.1. The van der Waals surface area contributed by atoms with Crippen LogP contribution in [0, 0.1) is 28.6 Å². The van der Waals surface area contributed by atoms with E-state index < -0.39 is 0 Å². The number of hydrogen-bond donors (Lipinski definition) is 0. The summed E-state index contributed by atoms with van der Waals surface area (Å²) in [6.07, 6.45) is 10.7. The van der Waals surface area contributed by atoms with Crippen LogP contribution in [0.2, 0.25) is 0 Å². The first kappa shape index (κ1) is 19.2. The zero-order valence-corrected chi connectivity index (χ0v) is 17.4. The van der Waals surface area contributed by atoms with E-state index in [0.717, 1.165) is 38.0 Å². The number of ketones is 1. The highest BCUT2D eigenvalue weighted by atomic mass is 16.5. The van der Waals surface area contributed by atoms with Gasteiger partial charge >= 0.3 is 5.97 Å². The highest BCUT2D eigenvalue weighted by Crippen LogP contribution is 2.65. The number of fused-ring (bicyclic) bond motifs is 5. The molecular formula is C23H35NO3. The molecule has 0 aromatic rings. The van der Waals surface area contributed by atoms with E-state index >= 15 is 0 Å². The van der Waals surface area contributed by atoms with Crippen LogP contribution in [0.3, 0.4) is 0 Å². The predicted octanol–water partition coefficient (Wildman–Crippen LogP) is 3.99. The van der Waals surface area contributed by atoms with Gasteiger partial charge in [0.05, 0.1) is 6.54 Å². The van der Waals surface area contributed by atoms with Crippen molar-refractivity contribution >= 4 is 11.8 Å². The Kier molecular flexibility index (Phi) is 4.77. The van der Waals surface area contributed by atoms with Crippen LogP contribution in [0.1, 0.15) is 65.2 Å². The van der Waals surface area contributed by atoms with Gasteiger partial charge in [-0.25, -0.2) is 0 Å². The van der Waals surface area contributed by atoms with E-state index in [1.165, 1.54) is 24.8 Å². The Morgan fingerprint density at radius 2 is 1.89 bits per heavy atom. The topological polar surface area (TPSA) is 46.6 Å². The molecule has 4 rings (SSSR count). The van der Waals surface area contributed by atoms with Gasteiger partial charge in [-0.05, 0) is 88.3 Å². The number of ether oxygens (including phenoxy) is 1. The number of rotatable bonds is 3. The Morgan fingerprint density at radius 3 is 2.63 bits per heavy atom. The van der Waals surface area contributed by atoms with Gasteiger partial charge in [-0.15, -0.1) is 0 Å². The van der Waals surface area contributed by atoms with Crippen molar-refractivity contribution in [1.82, 2.24) is 4.90 Å². The van der Waals surface area contributed by atoms with Gasteiger partial charge in [-0.3, -0.25) is 14.5 Å². The molecule has 0 radical (unpaired) electrons. The lowest BCUT2D eigenvalue weighted by Crippen LogP contribution is -2.51. The number of nitrogens with zero attached hydrogens (tertiary/aromatic N) is 1. The molecule has 0 amide bonds. The van der Waals surface area contributed by atoms with Gasteiger partial charge in [0.15, 0.2) is 5.78 Å². The normalized spacial score (nSPS) is 43.6. The highest BCUT2D eigenvalue weighted by molar-refractivity contribution is 5.91. The maximum absolute atomic E-state index is 12.3. The Hall–Kier alpha value is -1.16. The molecule has 0 aromatic carbocycles. The van der Waals surface area contributed by atoms with Gasteiger partial charge in [0.1, 0.15) is 6.10 Å². The van der Waals surface area contributed by atoms with Crippen LogP contribution in [0.4, 0.5) is 0 Å². The average molecular weight is 374 g/mol. The van der Waals surface area contributed by atoms with Crippen LogP contribution in [0.25, 0.3) is 0 Å². The lowest BCUT2D eigenvalue weighted by molar-refractivity contribution is -0.160.